The van der Waals surface area contributed by atoms with E-state index in [1.807, 2.05) is 31.2 Å². The Bertz CT molecular complexity index is 342. The maximum atomic E-state index is 10.5. The van der Waals surface area contributed by atoms with Crippen molar-refractivity contribution in [2.24, 2.45) is 11.7 Å². The van der Waals surface area contributed by atoms with Gasteiger partial charge in [-0.15, -0.1) is 0 Å². The topological polar surface area (TPSA) is 46.2 Å². The van der Waals surface area contributed by atoms with E-state index in [0.29, 0.717) is 12.5 Å². The molecule has 0 amide bonds. The van der Waals surface area contributed by atoms with E-state index in [4.69, 9.17) is 5.73 Å². The summed E-state index contributed by atoms with van der Waals surface area (Å²) in [5.41, 5.74) is 7.03. The van der Waals surface area contributed by atoms with E-state index >= 15 is 0 Å². The molecule has 1 aliphatic rings. The second-order valence-corrected chi connectivity index (χ2v) is 4.68. The Labute approximate surface area is 91.1 Å². The molecule has 0 saturated heterocycles. The van der Waals surface area contributed by atoms with Crippen molar-refractivity contribution < 1.29 is 5.11 Å². The van der Waals surface area contributed by atoms with E-state index in [9.17, 15) is 5.11 Å². The highest BCUT2D eigenvalue weighted by Gasteiger charge is 2.37. The van der Waals surface area contributed by atoms with Gasteiger partial charge in [0.25, 0.3) is 0 Å². The van der Waals surface area contributed by atoms with Crippen LogP contribution in [0.2, 0.25) is 0 Å². The summed E-state index contributed by atoms with van der Waals surface area (Å²) >= 11 is 0. The smallest absolute Gasteiger partial charge is 0.0896 e. The molecular formula is C13H19NO. The fourth-order valence-corrected chi connectivity index (χ4v) is 2.22. The standard InChI is InChI=1S/C13H19NO/c1-13(15,11-5-3-6-11)12-7-2-4-10(8-12)9-14/h2,4,7-8,11,15H,3,5-6,9,14H2,1H3. The molecule has 1 unspecified atom stereocenters. The van der Waals surface area contributed by atoms with Crippen molar-refractivity contribution in [2.75, 3.05) is 0 Å². The van der Waals surface area contributed by atoms with Gasteiger partial charge in [0.05, 0.1) is 5.60 Å². The Morgan fingerprint density at radius 3 is 2.73 bits per heavy atom. The predicted octanol–water partition coefficient (Wildman–Crippen LogP) is 2.15. The summed E-state index contributed by atoms with van der Waals surface area (Å²) in [5.74, 6) is 0.422. The normalized spacial score (nSPS) is 20.7. The van der Waals surface area contributed by atoms with E-state index < -0.39 is 5.60 Å². The van der Waals surface area contributed by atoms with Crippen molar-refractivity contribution in [1.29, 1.82) is 0 Å². The van der Waals surface area contributed by atoms with Gasteiger partial charge in [0.2, 0.25) is 0 Å². The van der Waals surface area contributed by atoms with Crippen molar-refractivity contribution in [2.45, 2.75) is 38.3 Å². The van der Waals surface area contributed by atoms with Gasteiger partial charge < -0.3 is 10.8 Å². The van der Waals surface area contributed by atoms with Crippen LogP contribution < -0.4 is 5.73 Å². The van der Waals surface area contributed by atoms with Crippen LogP contribution in [-0.2, 0) is 12.1 Å². The third kappa shape index (κ3) is 1.92. The zero-order valence-corrected chi connectivity index (χ0v) is 9.24. The molecule has 3 N–H and O–H groups in total. The van der Waals surface area contributed by atoms with Crippen LogP contribution in [0.1, 0.15) is 37.3 Å². The maximum Gasteiger partial charge on any atom is 0.0896 e. The molecule has 1 fully saturated rings. The first-order chi connectivity index (χ1) is 7.14. The minimum absolute atomic E-state index is 0.422. The van der Waals surface area contributed by atoms with Gasteiger partial charge >= 0.3 is 0 Å². The van der Waals surface area contributed by atoms with Gasteiger partial charge in [-0.1, -0.05) is 30.7 Å². The van der Waals surface area contributed by atoms with Gasteiger partial charge in [0.15, 0.2) is 0 Å². The summed E-state index contributed by atoms with van der Waals surface area (Å²) in [6, 6.07) is 8.00. The molecule has 0 heterocycles. The van der Waals surface area contributed by atoms with Gasteiger partial charge in [-0.25, -0.2) is 0 Å². The van der Waals surface area contributed by atoms with Gasteiger partial charge in [0.1, 0.15) is 0 Å². The molecule has 1 aromatic carbocycles. The first-order valence-corrected chi connectivity index (χ1v) is 5.66. The zero-order chi connectivity index (χ0) is 10.9. The Morgan fingerprint density at radius 1 is 1.47 bits per heavy atom. The van der Waals surface area contributed by atoms with E-state index in [1.165, 1.54) is 6.42 Å². The van der Waals surface area contributed by atoms with E-state index in [-0.39, 0.29) is 0 Å². The second-order valence-electron chi connectivity index (χ2n) is 4.68. The summed E-state index contributed by atoms with van der Waals surface area (Å²) in [5, 5.41) is 10.5. The minimum Gasteiger partial charge on any atom is -0.385 e. The summed E-state index contributed by atoms with van der Waals surface area (Å²) in [7, 11) is 0. The quantitative estimate of drug-likeness (QED) is 0.794. The molecule has 1 aromatic rings. The fourth-order valence-electron chi connectivity index (χ4n) is 2.22. The lowest BCUT2D eigenvalue weighted by Gasteiger charge is -2.39. The Morgan fingerprint density at radius 2 is 2.20 bits per heavy atom. The van der Waals surface area contributed by atoms with Crippen molar-refractivity contribution in [3.63, 3.8) is 0 Å². The molecule has 2 nitrogen and oxygen atoms in total. The Kier molecular flexibility index (Phi) is 2.81. The molecule has 0 aromatic heterocycles. The molecule has 0 bridgehead atoms. The van der Waals surface area contributed by atoms with E-state index in [2.05, 4.69) is 0 Å². The van der Waals surface area contributed by atoms with Gasteiger partial charge in [-0.05, 0) is 36.8 Å². The van der Waals surface area contributed by atoms with Crippen LogP contribution in [0.15, 0.2) is 24.3 Å². The zero-order valence-electron chi connectivity index (χ0n) is 9.24. The summed E-state index contributed by atoms with van der Waals surface area (Å²) < 4.78 is 0. The van der Waals surface area contributed by atoms with Crippen molar-refractivity contribution >= 4 is 0 Å². The van der Waals surface area contributed by atoms with Gasteiger partial charge in [0, 0.05) is 6.54 Å². The number of rotatable bonds is 3. The first kappa shape index (κ1) is 10.7. The highest BCUT2D eigenvalue weighted by atomic mass is 16.3. The summed E-state index contributed by atoms with van der Waals surface area (Å²) in [6.45, 7) is 2.46. The van der Waals surface area contributed by atoms with Crippen molar-refractivity contribution in [3.8, 4) is 0 Å². The number of hydrogen-bond acceptors (Lipinski definition) is 2. The van der Waals surface area contributed by atoms with E-state index in [1.54, 1.807) is 0 Å². The lowest BCUT2D eigenvalue weighted by atomic mass is 9.70. The van der Waals surface area contributed by atoms with E-state index in [0.717, 1.165) is 24.0 Å². The van der Waals surface area contributed by atoms with Crippen LogP contribution in [0, 0.1) is 5.92 Å². The average molecular weight is 205 g/mol. The molecule has 0 aliphatic heterocycles. The number of nitrogens with two attached hydrogens (primary N) is 1. The van der Waals surface area contributed by atoms with Gasteiger partial charge in [-0.2, -0.15) is 0 Å². The second kappa shape index (κ2) is 3.95. The largest absolute Gasteiger partial charge is 0.385 e. The predicted molar refractivity (Wildman–Crippen MR) is 61.2 cm³/mol. The molecule has 2 heteroatoms. The van der Waals surface area contributed by atoms with Crippen LogP contribution >= 0.6 is 0 Å². The lowest BCUT2D eigenvalue weighted by Crippen LogP contribution is -2.36. The number of benzene rings is 1. The van der Waals surface area contributed by atoms with Crippen LogP contribution in [0.3, 0.4) is 0 Å². The molecule has 1 saturated carbocycles. The maximum absolute atomic E-state index is 10.5. The van der Waals surface area contributed by atoms with Crippen LogP contribution in [0.25, 0.3) is 0 Å². The van der Waals surface area contributed by atoms with Crippen LogP contribution in [0.5, 0.6) is 0 Å². The SMILES string of the molecule is CC(O)(c1cccc(CN)c1)C1CCC1. The molecule has 1 atom stereocenters. The van der Waals surface area contributed by atoms with Crippen LogP contribution in [0.4, 0.5) is 0 Å². The molecular weight excluding hydrogens is 186 g/mol. The third-order valence-corrected chi connectivity index (χ3v) is 3.65. The molecule has 1 aliphatic carbocycles. The first-order valence-electron chi connectivity index (χ1n) is 5.66. The number of hydrogen-bond donors (Lipinski definition) is 2. The molecule has 0 radical (unpaired) electrons. The molecule has 15 heavy (non-hydrogen) atoms. The summed E-state index contributed by atoms with van der Waals surface area (Å²) in [6.07, 6.45) is 3.52. The molecule has 2 rings (SSSR count). The Hall–Kier alpha value is -0.860. The third-order valence-electron chi connectivity index (χ3n) is 3.65. The highest BCUT2D eigenvalue weighted by Crippen LogP contribution is 2.42. The minimum atomic E-state index is -0.677. The fraction of sp³-hybridized carbons (Fsp3) is 0.538. The Balaban J connectivity index is 2.26. The van der Waals surface area contributed by atoms with Gasteiger partial charge in [-0.3, -0.25) is 0 Å². The summed E-state index contributed by atoms with van der Waals surface area (Å²) in [4.78, 5) is 0. The average Bonchev–Trinajstić information content (AvgIpc) is 2.14. The highest BCUT2D eigenvalue weighted by molar-refractivity contribution is 5.28. The van der Waals surface area contributed by atoms with Crippen molar-refractivity contribution in [1.82, 2.24) is 0 Å². The number of aliphatic hydroxyl groups is 1. The monoisotopic (exact) mass is 205 g/mol. The molecule has 0 spiro atoms. The lowest BCUT2D eigenvalue weighted by molar-refractivity contribution is -0.0399. The molecule has 82 valence electrons. The van der Waals surface area contributed by atoms with Crippen molar-refractivity contribution in [3.05, 3.63) is 35.4 Å². The van der Waals surface area contributed by atoms with Crippen LogP contribution in [-0.4, -0.2) is 5.11 Å².